The van der Waals surface area contributed by atoms with Crippen molar-refractivity contribution < 1.29 is 37.0 Å². The first-order valence-corrected chi connectivity index (χ1v) is 7.57. The first-order chi connectivity index (χ1) is 12.1. The molecule has 0 radical (unpaired) electrons. The third kappa shape index (κ3) is 4.78. The van der Waals surface area contributed by atoms with Crippen LogP contribution in [0.25, 0.3) is 0 Å². The zero-order chi connectivity index (χ0) is 19.5. The van der Waals surface area contributed by atoms with Gasteiger partial charge in [0.25, 0.3) is 5.91 Å². The molecule has 140 valence electrons. The Kier molecular flexibility index (Phi) is 5.59. The summed E-state index contributed by atoms with van der Waals surface area (Å²) in [6.45, 7) is 1.80. The van der Waals surface area contributed by atoms with Crippen LogP contribution in [0.4, 0.5) is 13.2 Å². The van der Waals surface area contributed by atoms with Gasteiger partial charge in [0.15, 0.2) is 5.76 Å². The number of furan rings is 1. The largest absolute Gasteiger partial charge is 0.573 e. The Balaban J connectivity index is 2.08. The summed E-state index contributed by atoms with van der Waals surface area (Å²) in [7, 11) is 1.47. The molecule has 2 rings (SSSR count). The van der Waals surface area contributed by atoms with E-state index in [1.165, 1.54) is 30.1 Å². The average Bonchev–Trinajstić information content (AvgIpc) is 2.99. The maximum Gasteiger partial charge on any atom is 0.573 e. The molecule has 0 saturated carbocycles. The minimum Gasteiger partial charge on any atom is -0.478 e. The lowest BCUT2D eigenvalue weighted by atomic mass is 10.2. The first kappa shape index (κ1) is 19.4. The Morgan fingerprint density at radius 2 is 1.85 bits per heavy atom. The van der Waals surface area contributed by atoms with Crippen LogP contribution in [0.1, 0.15) is 39.2 Å². The molecule has 6 nitrogen and oxygen atoms in total. The molecule has 2 aromatic rings. The molecule has 9 heteroatoms. The zero-order valence-corrected chi connectivity index (χ0v) is 14.0. The summed E-state index contributed by atoms with van der Waals surface area (Å²) < 4.78 is 45.5. The van der Waals surface area contributed by atoms with E-state index in [9.17, 15) is 22.8 Å². The number of hydrogen-bond acceptors (Lipinski definition) is 4. The number of rotatable bonds is 6. The van der Waals surface area contributed by atoms with Crippen LogP contribution in [0.3, 0.4) is 0 Å². The maximum absolute atomic E-state index is 12.4. The summed E-state index contributed by atoms with van der Waals surface area (Å²) in [4.78, 5) is 24.8. The van der Waals surface area contributed by atoms with Crippen molar-refractivity contribution in [2.24, 2.45) is 0 Å². The van der Waals surface area contributed by atoms with Crippen LogP contribution in [-0.2, 0) is 13.0 Å². The van der Waals surface area contributed by atoms with Crippen molar-refractivity contribution in [2.75, 3.05) is 7.05 Å². The highest BCUT2D eigenvalue weighted by molar-refractivity contribution is 5.96. The average molecular weight is 371 g/mol. The lowest BCUT2D eigenvalue weighted by molar-refractivity contribution is -0.274. The molecule has 0 aliphatic rings. The topological polar surface area (TPSA) is 80.0 Å². The highest BCUT2D eigenvalue weighted by atomic mass is 19.4. The van der Waals surface area contributed by atoms with Crippen molar-refractivity contribution in [3.63, 3.8) is 0 Å². The number of nitrogens with zero attached hydrogens (tertiary/aromatic N) is 1. The molecule has 1 N–H and O–H groups in total. The lowest BCUT2D eigenvalue weighted by Gasteiger charge is -2.16. The van der Waals surface area contributed by atoms with Crippen molar-refractivity contribution in [1.82, 2.24) is 4.90 Å². The fourth-order valence-corrected chi connectivity index (χ4v) is 2.31. The van der Waals surface area contributed by atoms with Gasteiger partial charge in [-0.05, 0) is 17.7 Å². The number of aryl methyl sites for hydroxylation is 1. The van der Waals surface area contributed by atoms with E-state index in [1.807, 2.05) is 0 Å². The molecule has 0 aliphatic heterocycles. The lowest BCUT2D eigenvalue weighted by Crippen LogP contribution is -2.25. The predicted molar refractivity (Wildman–Crippen MR) is 84.0 cm³/mol. The number of benzene rings is 1. The van der Waals surface area contributed by atoms with Gasteiger partial charge in [-0.15, -0.1) is 13.2 Å². The molecule has 1 aromatic heterocycles. The monoisotopic (exact) mass is 371 g/mol. The molecule has 0 spiro atoms. The van der Waals surface area contributed by atoms with Crippen molar-refractivity contribution in [2.45, 2.75) is 26.3 Å². The van der Waals surface area contributed by atoms with Crippen LogP contribution < -0.4 is 4.74 Å². The normalized spacial score (nSPS) is 11.3. The second-order valence-corrected chi connectivity index (χ2v) is 5.46. The SMILES string of the molecule is CCc1oc(C(=O)N(C)Cc2ccc(OC(F)(F)F)cc2)cc1C(=O)O. The van der Waals surface area contributed by atoms with Crippen molar-refractivity contribution in [1.29, 1.82) is 0 Å². The molecule has 1 aromatic carbocycles. The molecular formula is C17H16F3NO5. The highest BCUT2D eigenvalue weighted by Gasteiger charge is 2.31. The van der Waals surface area contributed by atoms with Crippen molar-refractivity contribution in [3.05, 3.63) is 53.0 Å². The summed E-state index contributed by atoms with van der Waals surface area (Å²) in [6.07, 6.45) is -4.45. The summed E-state index contributed by atoms with van der Waals surface area (Å²) in [6, 6.07) is 6.25. The van der Waals surface area contributed by atoms with Crippen LogP contribution in [-0.4, -0.2) is 35.3 Å². The van der Waals surface area contributed by atoms with Gasteiger partial charge in [-0.2, -0.15) is 0 Å². The van der Waals surface area contributed by atoms with Gasteiger partial charge in [-0.25, -0.2) is 4.79 Å². The van der Waals surface area contributed by atoms with E-state index in [1.54, 1.807) is 6.92 Å². The second-order valence-electron chi connectivity index (χ2n) is 5.46. The number of carbonyl (C=O) groups is 2. The molecule has 1 heterocycles. The Labute approximate surface area is 146 Å². The van der Waals surface area contributed by atoms with Crippen LogP contribution in [0, 0.1) is 0 Å². The van der Waals surface area contributed by atoms with Crippen LogP contribution in [0.15, 0.2) is 34.7 Å². The summed E-state index contributed by atoms with van der Waals surface area (Å²) >= 11 is 0. The highest BCUT2D eigenvalue weighted by Crippen LogP contribution is 2.23. The number of aromatic carboxylic acids is 1. The smallest absolute Gasteiger partial charge is 0.478 e. The molecule has 0 bridgehead atoms. The molecule has 0 aliphatic carbocycles. The number of halogens is 3. The number of hydrogen-bond donors (Lipinski definition) is 1. The van der Waals surface area contributed by atoms with E-state index in [2.05, 4.69) is 4.74 Å². The van der Waals surface area contributed by atoms with Gasteiger partial charge in [-0.3, -0.25) is 4.79 Å². The van der Waals surface area contributed by atoms with Crippen molar-refractivity contribution in [3.8, 4) is 5.75 Å². The van der Waals surface area contributed by atoms with Crippen LogP contribution in [0.5, 0.6) is 5.75 Å². The van der Waals surface area contributed by atoms with Gasteiger partial charge in [0.2, 0.25) is 0 Å². The van der Waals surface area contributed by atoms with E-state index >= 15 is 0 Å². The fourth-order valence-electron chi connectivity index (χ4n) is 2.31. The second kappa shape index (κ2) is 7.51. The minimum atomic E-state index is -4.77. The van der Waals surface area contributed by atoms with E-state index in [0.29, 0.717) is 12.0 Å². The number of carboxylic acid groups (broad SMARTS) is 1. The van der Waals surface area contributed by atoms with Crippen molar-refractivity contribution >= 4 is 11.9 Å². The van der Waals surface area contributed by atoms with E-state index in [4.69, 9.17) is 9.52 Å². The number of amides is 1. The van der Waals surface area contributed by atoms with Gasteiger partial charge in [0, 0.05) is 26.1 Å². The third-order valence-corrected chi connectivity index (χ3v) is 3.49. The fraction of sp³-hybridized carbons (Fsp3) is 0.294. The Morgan fingerprint density at radius 3 is 2.31 bits per heavy atom. The quantitative estimate of drug-likeness (QED) is 0.837. The number of carboxylic acids is 1. The molecule has 26 heavy (non-hydrogen) atoms. The number of ether oxygens (including phenoxy) is 1. The van der Waals surface area contributed by atoms with Gasteiger partial charge in [0.1, 0.15) is 17.1 Å². The third-order valence-electron chi connectivity index (χ3n) is 3.49. The molecule has 0 saturated heterocycles. The van der Waals surface area contributed by atoms with Gasteiger partial charge < -0.3 is 19.2 Å². The molecular weight excluding hydrogens is 355 g/mol. The molecule has 0 atom stereocenters. The molecule has 0 unspecified atom stereocenters. The van der Waals surface area contributed by atoms with Gasteiger partial charge >= 0.3 is 12.3 Å². The number of carbonyl (C=O) groups excluding carboxylic acids is 1. The van der Waals surface area contributed by atoms with E-state index in [-0.39, 0.29) is 29.4 Å². The van der Waals surface area contributed by atoms with Gasteiger partial charge in [0.05, 0.1) is 0 Å². The Hall–Kier alpha value is -2.97. The standard InChI is InChI=1S/C17H16F3NO5/c1-3-13-12(16(23)24)8-14(25-13)15(22)21(2)9-10-4-6-11(7-5-10)26-17(18,19)20/h4-8H,3,9H2,1-2H3,(H,23,24). The summed E-state index contributed by atoms with van der Waals surface area (Å²) in [5.74, 6) is -2.00. The Morgan fingerprint density at radius 1 is 1.23 bits per heavy atom. The van der Waals surface area contributed by atoms with Crippen LogP contribution >= 0.6 is 0 Å². The predicted octanol–water partition coefficient (Wildman–Crippen LogP) is 3.71. The van der Waals surface area contributed by atoms with E-state index in [0.717, 1.165) is 12.1 Å². The summed E-state index contributed by atoms with van der Waals surface area (Å²) in [5, 5.41) is 9.10. The summed E-state index contributed by atoms with van der Waals surface area (Å²) in [5.41, 5.74) is 0.494. The Bertz CT molecular complexity index is 796. The molecule has 0 fully saturated rings. The van der Waals surface area contributed by atoms with Crippen LogP contribution in [0.2, 0.25) is 0 Å². The molecule has 1 amide bonds. The zero-order valence-electron chi connectivity index (χ0n) is 14.0. The number of alkyl halides is 3. The first-order valence-electron chi connectivity index (χ1n) is 7.57. The van der Waals surface area contributed by atoms with Gasteiger partial charge in [-0.1, -0.05) is 19.1 Å². The minimum absolute atomic E-state index is 0.0714. The maximum atomic E-state index is 12.4. The van der Waals surface area contributed by atoms with E-state index < -0.39 is 18.2 Å².